The second kappa shape index (κ2) is 3.54. The zero-order valence-electron chi connectivity index (χ0n) is 8.63. The van der Waals surface area contributed by atoms with Crippen molar-refractivity contribution in [1.82, 2.24) is 10.2 Å². The van der Waals surface area contributed by atoms with Crippen molar-refractivity contribution in [3.8, 4) is 0 Å². The SMILES string of the molecule is CC1NC2=C(S1)C(C)CN(C)CC2. The number of nitrogens with one attached hydrogen (secondary N) is 1. The molecule has 13 heavy (non-hydrogen) atoms. The van der Waals surface area contributed by atoms with Crippen molar-refractivity contribution in [2.45, 2.75) is 25.6 Å². The first-order chi connectivity index (χ1) is 6.16. The molecule has 1 N–H and O–H groups in total. The van der Waals surface area contributed by atoms with Crippen LogP contribution in [-0.2, 0) is 0 Å². The van der Waals surface area contributed by atoms with E-state index in [-0.39, 0.29) is 0 Å². The van der Waals surface area contributed by atoms with Crippen molar-refractivity contribution in [3.63, 3.8) is 0 Å². The van der Waals surface area contributed by atoms with Gasteiger partial charge < -0.3 is 10.2 Å². The average Bonchev–Trinajstić information content (AvgIpc) is 2.38. The maximum Gasteiger partial charge on any atom is 0.0735 e. The van der Waals surface area contributed by atoms with Crippen molar-refractivity contribution in [1.29, 1.82) is 0 Å². The van der Waals surface area contributed by atoms with Gasteiger partial charge in [-0.25, -0.2) is 0 Å². The highest BCUT2D eigenvalue weighted by atomic mass is 32.2. The van der Waals surface area contributed by atoms with Gasteiger partial charge in [-0.3, -0.25) is 0 Å². The van der Waals surface area contributed by atoms with E-state index in [0.717, 1.165) is 0 Å². The van der Waals surface area contributed by atoms with Gasteiger partial charge in [-0.2, -0.15) is 0 Å². The fourth-order valence-electron chi connectivity index (χ4n) is 2.16. The minimum Gasteiger partial charge on any atom is -0.376 e. The van der Waals surface area contributed by atoms with Crippen LogP contribution in [0.3, 0.4) is 0 Å². The van der Waals surface area contributed by atoms with Crippen molar-refractivity contribution >= 4 is 11.8 Å². The van der Waals surface area contributed by atoms with Crippen LogP contribution in [0.5, 0.6) is 0 Å². The van der Waals surface area contributed by atoms with E-state index in [9.17, 15) is 0 Å². The van der Waals surface area contributed by atoms with E-state index in [0.29, 0.717) is 11.3 Å². The molecule has 2 unspecified atom stereocenters. The molecule has 0 aromatic rings. The summed E-state index contributed by atoms with van der Waals surface area (Å²) in [4.78, 5) is 4.03. The van der Waals surface area contributed by atoms with Gasteiger partial charge in [0.2, 0.25) is 0 Å². The summed E-state index contributed by atoms with van der Waals surface area (Å²) in [6.45, 7) is 6.99. The number of nitrogens with zero attached hydrogens (tertiary/aromatic N) is 1. The van der Waals surface area contributed by atoms with Gasteiger partial charge in [-0.05, 0) is 14.0 Å². The molecule has 2 rings (SSSR count). The predicted molar refractivity (Wildman–Crippen MR) is 58.5 cm³/mol. The number of hydrogen-bond donors (Lipinski definition) is 1. The van der Waals surface area contributed by atoms with Crippen molar-refractivity contribution in [3.05, 3.63) is 10.6 Å². The zero-order valence-corrected chi connectivity index (χ0v) is 9.45. The molecule has 0 amide bonds. The molecule has 2 nitrogen and oxygen atoms in total. The van der Waals surface area contributed by atoms with Gasteiger partial charge in [0, 0.05) is 36.0 Å². The van der Waals surface area contributed by atoms with E-state index in [1.807, 2.05) is 11.8 Å². The second-order valence-electron chi connectivity index (χ2n) is 4.16. The molecule has 0 saturated heterocycles. The first-order valence-electron chi connectivity index (χ1n) is 5.01. The van der Waals surface area contributed by atoms with E-state index in [1.165, 1.54) is 25.2 Å². The van der Waals surface area contributed by atoms with Gasteiger partial charge in [-0.15, -0.1) is 11.8 Å². The molecule has 2 atom stereocenters. The molecular weight excluding hydrogens is 180 g/mol. The zero-order chi connectivity index (χ0) is 9.42. The third-order valence-corrected chi connectivity index (χ3v) is 4.13. The molecule has 0 radical (unpaired) electrons. The molecule has 0 aliphatic carbocycles. The Balaban J connectivity index is 2.15. The number of hydrogen-bond acceptors (Lipinski definition) is 3. The molecular formula is C10H18N2S. The van der Waals surface area contributed by atoms with Crippen molar-refractivity contribution in [2.75, 3.05) is 20.1 Å². The predicted octanol–water partition coefficient (Wildman–Crippen LogP) is 1.85. The smallest absolute Gasteiger partial charge is 0.0735 e. The van der Waals surface area contributed by atoms with Gasteiger partial charge in [0.15, 0.2) is 0 Å². The summed E-state index contributed by atoms with van der Waals surface area (Å²) < 4.78 is 0. The fraction of sp³-hybridized carbons (Fsp3) is 0.800. The molecule has 0 fully saturated rings. The van der Waals surface area contributed by atoms with Gasteiger partial charge in [0.1, 0.15) is 0 Å². The molecule has 0 aromatic heterocycles. The Morgan fingerprint density at radius 3 is 3.00 bits per heavy atom. The van der Waals surface area contributed by atoms with E-state index < -0.39 is 0 Å². The van der Waals surface area contributed by atoms with Crippen LogP contribution < -0.4 is 5.32 Å². The topological polar surface area (TPSA) is 15.3 Å². The molecule has 74 valence electrons. The Labute approximate surface area is 84.8 Å². The average molecular weight is 198 g/mol. The van der Waals surface area contributed by atoms with Crippen molar-refractivity contribution < 1.29 is 0 Å². The van der Waals surface area contributed by atoms with Crippen molar-refractivity contribution in [2.24, 2.45) is 5.92 Å². The molecule has 0 spiro atoms. The minimum absolute atomic E-state index is 0.593. The maximum atomic E-state index is 3.56. The van der Waals surface area contributed by atoms with E-state index in [2.05, 4.69) is 31.1 Å². The van der Waals surface area contributed by atoms with Crippen LogP contribution in [-0.4, -0.2) is 30.4 Å². The Bertz CT molecular complexity index is 237. The first-order valence-corrected chi connectivity index (χ1v) is 5.89. The lowest BCUT2D eigenvalue weighted by Gasteiger charge is -2.18. The van der Waals surface area contributed by atoms with Crippen LogP contribution in [0, 0.1) is 5.92 Å². The highest BCUT2D eigenvalue weighted by Gasteiger charge is 2.27. The summed E-state index contributed by atoms with van der Waals surface area (Å²) in [5.41, 5.74) is 1.51. The lowest BCUT2D eigenvalue weighted by atomic mass is 10.1. The molecule has 2 aliphatic rings. The molecule has 0 saturated carbocycles. The summed E-state index contributed by atoms with van der Waals surface area (Å²) in [5.74, 6) is 0.713. The summed E-state index contributed by atoms with van der Waals surface area (Å²) >= 11 is 2.01. The van der Waals surface area contributed by atoms with Gasteiger partial charge in [0.25, 0.3) is 0 Å². The number of rotatable bonds is 0. The van der Waals surface area contributed by atoms with Gasteiger partial charge >= 0.3 is 0 Å². The monoisotopic (exact) mass is 198 g/mol. The standard InChI is InChI=1S/C10H18N2S/c1-7-6-12(3)5-4-9-10(7)13-8(2)11-9/h7-8,11H,4-6H2,1-3H3. The molecule has 0 aromatic carbocycles. The van der Waals surface area contributed by atoms with Gasteiger partial charge in [-0.1, -0.05) is 6.92 Å². The lowest BCUT2D eigenvalue weighted by Crippen LogP contribution is -2.25. The van der Waals surface area contributed by atoms with E-state index in [1.54, 1.807) is 4.91 Å². The Hall–Kier alpha value is -0.150. The van der Waals surface area contributed by atoms with Crippen LogP contribution in [0.25, 0.3) is 0 Å². The second-order valence-corrected chi connectivity index (χ2v) is 5.54. The van der Waals surface area contributed by atoms with Crippen LogP contribution in [0.1, 0.15) is 20.3 Å². The fourth-order valence-corrected chi connectivity index (χ4v) is 3.35. The Morgan fingerprint density at radius 1 is 1.46 bits per heavy atom. The quantitative estimate of drug-likeness (QED) is 0.639. The molecule has 2 aliphatic heterocycles. The van der Waals surface area contributed by atoms with Crippen LogP contribution in [0.15, 0.2) is 10.6 Å². The highest BCUT2D eigenvalue weighted by molar-refractivity contribution is 8.03. The Kier molecular flexibility index (Phi) is 2.56. The van der Waals surface area contributed by atoms with Crippen LogP contribution in [0.4, 0.5) is 0 Å². The summed E-state index contributed by atoms with van der Waals surface area (Å²) in [7, 11) is 2.22. The first kappa shape index (κ1) is 9.41. The molecule has 0 bridgehead atoms. The molecule has 2 heterocycles. The summed E-state index contributed by atoms with van der Waals surface area (Å²) in [6, 6.07) is 0. The molecule has 3 heteroatoms. The minimum atomic E-state index is 0.593. The lowest BCUT2D eigenvalue weighted by molar-refractivity contribution is 0.319. The van der Waals surface area contributed by atoms with Crippen LogP contribution >= 0.6 is 11.8 Å². The summed E-state index contributed by atoms with van der Waals surface area (Å²) in [5, 5.41) is 4.16. The summed E-state index contributed by atoms with van der Waals surface area (Å²) in [6.07, 6.45) is 1.20. The largest absolute Gasteiger partial charge is 0.376 e. The third-order valence-electron chi connectivity index (χ3n) is 2.76. The Morgan fingerprint density at radius 2 is 2.23 bits per heavy atom. The van der Waals surface area contributed by atoms with Gasteiger partial charge in [0.05, 0.1) is 5.37 Å². The highest BCUT2D eigenvalue weighted by Crippen LogP contribution is 2.38. The van der Waals surface area contributed by atoms with E-state index >= 15 is 0 Å². The van der Waals surface area contributed by atoms with Crippen LogP contribution in [0.2, 0.25) is 0 Å². The van der Waals surface area contributed by atoms with E-state index in [4.69, 9.17) is 0 Å². The third kappa shape index (κ3) is 1.86. The normalized spacial score (nSPS) is 35.6. The maximum absolute atomic E-state index is 3.56. The number of thioether (sulfide) groups is 1.